The largest absolute Gasteiger partial charge is 0.481 e. The number of carboxylic acid groups (broad SMARTS) is 1. The van der Waals surface area contributed by atoms with Gasteiger partial charge in [0.15, 0.2) is 0 Å². The average Bonchev–Trinajstić information content (AvgIpc) is 2.26. The number of aliphatic hydroxyl groups excluding tert-OH is 1. The van der Waals surface area contributed by atoms with Gasteiger partial charge in [-0.15, -0.1) is 0 Å². The van der Waals surface area contributed by atoms with E-state index in [4.69, 9.17) is 5.11 Å². The van der Waals surface area contributed by atoms with Crippen molar-refractivity contribution in [2.75, 3.05) is 0 Å². The van der Waals surface area contributed by atoms with Crippen LogP contribution in [0.3, 0.4) is 0 Å². The lowest BCUT2D eigenvalue weighted by Crippen LogP contribution is -2.12. The number of unbranched alkanes of at least 4 members (excludes halogenated alkanes) is 6. The molecule has 0 aliphatic rings. The molecule has 0 amide bonds. The highest BCUT2D eigenvalue weighted by molar-refractivity contribution is 5.67. The van der Waals surface area contributed by atoms with Crippen molar-refractivity contribution < 1.29 is 15.0 Å². The Labute approximate surface area is 105 Å². The van der Waals surface area contributed by atoms with Crippen LogP contribution < -0.4 is 0 Å². The van der Waals surface area contributed by atoms with E-state index in [1.807, 2.05) is 6.92 Å². The summed E-state index contributed by atoms with van der Waals surface area (Å²) in [4.78, 5) is 10.3. The van der Waals surface area contributed by atoms with E-state index in [1.165, 1.54) is 32.1 Å². The third-order valence-corrected chi connectivity index (χ3v) is 2.80. The molecule has 0 saturated carbocycles. The van der Waals surface area contributed by atoms with Gasteiger partial charge in [0.1, 0.15) is 0 Å². The number of carboxylic acids is 1. The van der Waals surface area contributed by atoms with Crippen molar-refractivity contribution >= 4 is 5.97 Å². The second-order valence-electron chi connectivity index (χ2n) is 4.52. The fraction of sp³-hybridized carbons (Fsp3) is 0.786. The second-order valence-corrected chi connectivity index (χ2v) is 4.52. The molecule has 0 saturated heterocycles. The van der Waals surface area contributed by atoms with Crippen LogP contribution in [0.1, 0.15) is 64.7 Å². The molecule has 0 spiro atoms. The highest BCUT2D eigenvalue weighted by Crippen LogP contribution is 2.11. The number of hydrogen-bond acceptors (Lipinski definition) is 2. The van der Waals surface area contributed by atoms with E-state index in [9.17, 15) is 9.90 Å². The summed E-state index contributed by atoms with van der Waals surface area (Å²) in [6.45, 7) is 2.04. The van der Waals surface area contributed by atoms with Crippen molar-refractivity contribution in [2.24, 2.45) is 0 Å². The van der Waals surface area contributed by atoms with Crippen molar-refractivity contribution in [2.45, 2.75) is 70.8 Å². The monoisotopic (exact) mass is 242 g/mol. The highest BCUT2D eigenvalue weighted by Gasteiger charge is 2.08. The summed E-state index contributed by atoms with van der Waals surface area (Å²) < 4.78 is 0. The van der Waals surface area contributed by atoms with E-state index in [-0.39, 0.29) is 6.42 Å². The topological polar surface area (TPSA) is 57.5 Å². The van der Waals surface area contributed by atoms with Crippen LogP contribution in [-0.2, 0) is 4.79 Å². The zero-order chi connectivity index (χ0) is 12.9. The fourth-order valence-corrected chi connectivity index (χ4v) is 1.82. The quantitative estimate of drug-likeness (QED) is 0.430. The highest BCUT2D eigenvalue weighted by atomic mass is 16.4. The third-order valence-electron chi connectivity index (χ3n) is 2.80. The van der Waals surface area contributed by atoms with Crippen LogP contribution in [0, 0.1) is 0 Å². The number of hydrogen-bond donors (Lipinski definition) is 2. The van der Waals surface area contributed by atoms with Gasteiger partial charge >= 0.3 is 5.97 Å². The molecule has 1 unspecified atom stereocenters. The zero-order valence-corrected chi connectivity index (χ0v) is 10.9. The van der Waals surface area contributed by atoms with Gasteiger partial charge in [-0.1, -0.05) is 44.3 Å². The van der Waals surface area contributed by atoms with Gasteiger partial charge in [0, 0.05) is 0 Å². The summed E-state index contributed by atoms with van der Waals surface area (Å²) in [6.07, 6.45) is 12.3. The first-order chi connectivity index (χ1) is 8.16. The van der Waals surface area contributed by atoms with Gasteiger partial charge in [0.2, 0.25) is 0 Å². The zero-order valence-electron chi connectivity index (χ0n) is 10.9. The minimum Gasteiger partial charge on any atom is -0.481 e. The predicted molar refractivity (Wildman–Crippen MR) is 70.0 cm³/mol. The molecule has 3 nitrogen and oxygen atoms in total. The molecule has 0 rings (SSSR count). The normalized spacial score (nSPS) is 13.1. The Morgan fingerprint density at radius 1 is 1.12 bits per heavy atom. The Kier molecular flexibility index (Phi) is 11.1. The number of allylic oxidation sites excluding steroid dienone is 2. The molecule has 2 N–H and O–H groups in total. The molecule has 0 bridgehead atoms. The first-order valence-electron chi connectivity index (χ1n) is 6.67. The maximum absolute atomic E-state index is 10.3. The molecule has 0 aromatic heterocycles. The fourth-order valence-electron chi connectivity index (χ4n) is 1.82. The van der Waals surface area contributed by atoms with E-state index < -0.39 is 12.1 Å². The smallest absolute Gasteiger partial charge is 0.305 e. The van der Waals surface area contributed by atoms with Gasteiger partial charge in [-0.25, -0.2) is 0 Å². The molecule has 3 heteroatoms. The van der Waals surface area contributed by atoms with Gasteiger partial charge in [0.05, 0.1) is 12.5 Å². The molecule has 0 fully saturated rings. The Bertz CT molecular complexity index is 212. The van der Waals surface area contributed by atoms with Gasteiger partial charge in [-0.05, 0) is 26.2 Å². The standard InChI is InChI=1S/C14H26O3/c1-2-3-4-5-6-7-8-9-10-11-13(15)12-14(16)17/h2-3,13,15H,4-12H2,1H3,(H,16,17)/b3-2+. The SMILES string of the molecule is C/C=C/CCCCCCCCC(O)CC(=O)O. The number of carbonyl (C=O) groups is 1. The summed E-state index contributed by atoms with van der Waals surface area (Å²) in [7, 11) is 0. The summed E-state index contributed by atoms with van der Waals surface area (Å²) in [6, 6.07) is 0. The van der Waals surface area contributed by atoms with Crippen LogP contribution in [-0.4, -0.2) is 22.3 Å². The van der Waals surface area contributed by atoms with E-state index in [0.29, 0.717) is 6.42 Å². The van der Waals surface area contributed by atoms with Gasteiger partial charge < -0.3 is 10.2 Å². The molecule has 1 atom stereocenters. The number of aliphatic hydroxyl groups is 1. The first kappa shape index (κ1) is 16.2. The molecular formula is C14H26O3. The number of aliphatic carboxylic acids is 1. The summed E-state index contributed by atoms with van der Waals surface area (Å²) in [5.74, 6) is -0.915. The van der Waals surface area contributed by atoms with E-state index in [1.54, 1.807) is 0 Å². The minimum absolute atomic E-state index is 0.122. The van der Waals surface area contributed by atoms with Crippen LogP contribution in [0.5, 0.6) is 0 Å². The average molecular weight is 242 g/mol. The summed E-state index contributed by atoms with van der Waals surface area (Å²) in [5, 5.41) is 17.8. The molecular weight excluding hydrogens is 216 g/mol. The number of rotatable bonds is 11. The van der Waals surface area contributed by atoms with Crippen LogP contribution in [0.2, 0.25) is 0 Å². The maximum atomic E-state index is 10.3. The van der Waals surface area contributed by atoms with Gasteiger partial charge in [-0.3, -0.25) is 4.79 Å². The van der Waals surface area contributed by atoms with E-state index >= 15 is 0 Å². The molecule has 100 valence electrons. The molecule has 0 aliphatic carbocycles. The lowest BCUT2D eigenvalue weighted by atomic mass is 10.0. The molecule has 0 aliphatic heterocycles. The lowest BCUT2D eigenvalue weighted by Gasteiger charge is -2.07. The third kappa shape index (κ3) is 13.1. The van der Waals surface area contributed by atoms with Crippen molar-refractivity contribution in [3.8, 4) is 0 Å². The Hall–Kier alpha value is -0.830. The van der Waals surface area contributed by atoms with Crippen LogP contribution in [0.4, 0.5) is 0 Å². The lowest BCUT2D eigenvalue weighted by molar-refractivity contribution is -0.139. The molecule has 0 radical (unpaired) electrons. The summed E-state index contributed by atoms with van der Waals surface area (Å²) in [5.41, 5.74) is 0. The van der Waals surface area contributed by atoms with Crippen LogP contribution >= 0.6 is 0 Å². The Morgan fingerprint density at radius 3 is 2.29 bits per heavy atom. The Morgan fingerprint density at radius 2 is 1.71 bits per heavy atom. The second kappa shape index (κ2) is 11.6. The minimum atomic E-state index is -0.915. The first-order valence-corrected chi connectivity index (χ1v) is 6.67. The molecule has 0 aromatic rings. The molecule has 0 aromatic carbocycles. The van der Waals surface area contributed by atoms with Crippen molar-refractivity contribution in [3.05, 3.63) is 12.2 Å². The van der Waals surface area contributed by atoms with Gasteiger partial charge in [0.25, 0.3) is 0 Å². The van der Waals surface area contributed by atoms with Crippen molar-refractivity contribution in [3.63, 3.8) is 0 Å². The van der Waals surface area contributed by atoms with Crippen molar-refractivity contribution in [1.82, 2.24) is 0 Å². The molecule has 17 heavy (non-hydrogen) atoms. The van der Waals surface area contributed by atoms with Crippen LogP contribution in [0.15, 0.2) is 12.2 Å². The summed E-state index contributed by atoms with van der Waals surface area (Å²) >= 11 is 0. The van der Waals surface area contributed by atoms with Gasteiger partial charge in [-0.2, -0.15) is 0 Å². The van der Waals surface area contributed by atoms with E-state index in [2.05, 4.69) is 12.2 Å². The maximum Gasteiger partial charge on any atom is 0.305 e. The van der Waals surface area contributed by atoms with Crippen LogP contribution in [0.25, 0.3) is 0 Å². The predicted octanol–water partition coefficient (Wildman–Crippen LogP) is 3.52. The van der Waals surface area contributed by atoms with Crippen molar-refractivity contribution in [1.29, 1.82) is 0 Å². The molecule has 0 heterocycles. The Balaban J connectivity index is 3.15. The van der Waals surface area contributed by atoms with E-state index in [0.717, 1.165) is 12.8 Å².